The van der Waals surface area contributed by atoms with E-state index in [2.05, 4.69) is 13.2 Å². The molecule has 104 valence electrons. The Morgan fingerprint density at radius 3 is 1.00 bits per heavy atom. The van der Waals surface area contributed by atoms with Crippen molar-refractivity contribution in [1.29, 1.82) is 0 Å². The minimum atomic E-state index is 0.750. The van der Waals surface area contributed by atoms with Gasteiger partial charge >= 0.3 is 0 Å². The third-order valence-electron chi connectivity index (χ3n) is 0.657. The maximum absolute atomic E-state index is 4.85. The van der Waals surface area contributed by atoms with Crippen molar-refractivity contribution >= 4 is 0 Å². The van der Waals surface area contributed by atoms with Crippen molar-refractivity contribution in [3.8, 4) is 0 Å². The Morgan fingerprint density at radius 1 is 0.824 bits per heavy atom. The molecule has 17 heavy (non-hydrogen) atoms. The zero-order valence-electron chi connectivity index (χ0n) is 13.2. The Bertz CT molecular complexity index is 116. The summed E-state index contributed by atoms with van der Waals surface area (Å²) in [7, 11) is 0. The van der Waals surface area contributed by atoms with E-state index in [4.69, 9.17) is 5.73 Å². The van der Waals surface area contributed by atoms with Gasteiger partial charge in [0.2, 0.25) is 0 Å². The average Bonchev–Trinajstić information content (AvgIpc) is 2.38. The zero-order valence-corrected chi connectivity index (χ0v) is 13.2. The predicted molar refractivity (Wildman–Crippen MR) is 87.4 cm³/mol. The van der Waals surface area contributed by atoms with Crippen LogP contribution in [0.4, 0.5) is 0 Å². The quantitative estimate of drug-likeness (QED) is 0.633. The molecule has 0 aromatic rings. The van der Waals surface area contributed by atoms with Crippen LogP contribution in [0.3, 0.4) is 0 Å². The molecule has 2 N–H and O–H groups in total. The van der Waals surface area contributed by atoms with Gasteiger partial charge in [-0.2, -0.15) is 0 Å². The standard InChI is InChI=1S/2C5H8.C2H7N.2C2H6/c2*1-3-5-4-2;1-2-3;2*1-2/h2*3-5H,1H2,2H3;2-3H2,1H3;2*1-2H3/b2*5-4-;;;. The van der Waals surface area contributed by atoms with Gasteiger partial charge in [0.1, 0.15) is 0 Å². The summed E-state index contributed by atoms with van der Waals surface area (Å²) in [5.74, 6) is 0. The van der Waals surface area contributed by atoms with Crippen LogP contribution >= 0.6 is 0 Å². The highest BCUT2D eigenvalue weighted by Crippen LogP contribution is 1.65. The SMILES string of the molecule is C=C/C=C\C.C=C/C=C\C.CC.CC.CCN. The van der Waals surface area contributed by atoms with E-state index < -0.39 is 0 Å². The van der Waals surface area contributed by atoms with Crippen LogP contribution in [-0.4, -0.2) is 6.54 Å². The van der Waals surface area contributed by atoms with Crippen LogP contribution in [0.15, 0.2) is 49.6 Å². The molecule has 0 heterocycles. The summed E-state index contributed by atoms with van der Waals surface area (Å²) in [5.41, 5.74) is 4.85. The summed E-state index contributed by atoms with van der Waals surface area (Å²) in [6.45, 7) is 21.5. The lowest BCUT2D eigenvalue weighted by molar-refractivity contribution is 1.14. The highest BCUT2D eigenvalue weighted by molar-refractivity contribution is 4.94. The summed E-state index contributed by atoms with van der Waals surface area (Å²) < 4.78 is 0. The largest absolute Gasteiger partial charge is 0.331 e. The van der Waals surface area contributed by atoms with Crippen LogP contribution in [-0.2, 0) is 0 Å². The topological polar surface area (TPSA) is 26.0 Å². The third-order valence-corrected chi connectivity index (χ3v) is 0.657. The molecule has 0 spiro atoms. The van der Waals surface area contributed by atoms with Gasteiger partial charge in [-0.3, -0.25) is 0 Å². The molecule has 0 bridgehead atoms. The molecule has 0 rings (SSSR count). The molecule has 0 atom stereocenters. The maximum atomic E-state index is 4.85. The van der Waals surface area contributed by atoms with Gasteiger partial charge in [-0.15, -0.1) is 0 Å². The molecule has 0 aromatic heterocycles. The van der Waals surface area contributed by atoms with Crippen molar-refractivity contribution in [1.82, 2.24) is 0 Å². The first kappa shape index (κ1) is 29.7. The van der Waals surface area contributed by atoms with E-state index in [0.717, 1.165) is 6.54 Å². The molecule has 0 aromatic carbocycles. The fraction of sp³-hybridized carbons (Fsp3) is 0.500. The van der Waals surface area contributed by atoms with Gasteiger partial charge < -0.3 is 5.73 Å². The monoisotopic (exact) mass is 241 g/mol. The molecular weight excluding hydrogens is 206 g/mol. The highest BCUT2D eigenvalue weighted by atomic mass is 14.5. The van der Waals surface area contributed by atoms with Crippen molar-refractivity contribution in [2.75, 3.05) is 6.54 Å². The number of nitrogens with two attached hydrogens (primary N) is 1. The molecule has 0 aliphatic rings. The Hall–Kier alpha value is -1.08. The van der Waals surface area contributed by atoms with E-state index >= 15 is 0 Å². The lowest BCUT2D eigenvalue weighted by Gasteiger charge is -1.56. The Balaban J connectivity index is -0.0000000377. The number of allylic oxidation sites excluding steroid dienone is 6. The minimum absolute atomic E-state index is 0.750. The van der Waals surface area contributed by atoms with Gasteiger partial charge in [0.05, 0.1) is 0 Å². The smallest absolute Gasteiger partial charge is 0.0106 e. The van der Waals surface area contributed by atoms with Crippen LogP contribution in [0.25, 0.3) is 0 Å². The number of rotatable bonds is 2. The molecule has 0 aliphatic carbocycles. The second-order valence-electron chi connectivity index (χ2n) is 1.93. The van der Waals surface area contributed by atoms with E-state index in [1.807, 2.05) is 72.8 Å². The molecule has 1 nitrogen and oxygen atoms in total. The van der Waals surface area contributed by atoms with Gasteiger partial charge in [-0.1, -0.05) is 84.2 Å². The molecule has 0 saturated heterocycles. The van der Waals surface area contributed by atoms with Gasteiger partial charge in [-0.05, 0) is 20.4 Å². The Labute approximate surface area is 111 Å². The molecular formula is C16H35N. The molecule has 0 unspecified atom stereocenters. The average molecular weight is 241 g/mol. The zero-order chi connectivity index (χ0) is 14.9. The van der Waals surface area contributed by atoms with Crippen molar-refractivity contribution in [2.24, 2.45) is 5.73 Å². The fourth-order valence-electron chi connectivity index (χ4n) is 0.272. The highest BCUT2D eigenvalue weighted by Gasteiger charge is 1.42. The number of hydrogen-bond donors (Lipinski definition) is 1. The third kappa shape index (κ3) is 292. The van der Waals surface area contributed by atoms with E-state index in [9.17, 15) is 0 Å². The first-order valence-corrected chi connectivity index (χ1v) is 6.42. The maximum Gasteiger partial charge on any atom is -0.0106 e. The fourth-order valence-corrected chi connectivity index (χ4v) is 0.272. The first-order valence-electron chi connectivity index (χ1n) is 6.42. The van der Waals surface area contributed by atoms with Crippen LogP contribution in [0.1, 0.15) is 48.5 Å². The Morgan fingerprint density at radius 2 is 1.00 bits per heavy atom. The van der Waals surface area contributed by atoms with E-state index in [1.165, 1.54) is 0 Å². The van der Waals surface area contributed by atoms with Crippen LogP contribution < -0.4 is 5.73 Å². The molecule has 0 aliphatic heterocycles. The van der Waals surface area contributed by atoms with Crippen LogP contribution in [0, 0.1) is 0 Å². The van der Waals surface area contributed by atoms with E-state index in [-0.39, 0.29) is 0 Å². The van der Waals surface area contributed by atoms with E-state index in [0.29, 0.717) is 0 Å². The minimum Gasteiger partial charge on any atom is -0.331 e. The first-order chi connectivity index (χ1) is 8.24. The molecule has 0 amide bonds. The lowest BCUT2D eigenvalue weighted by Crippen LogP contribution is -1.87. The predicted octanol–water partition coefficient (Wildman–Crippen LogP) is 5.51. The molecule has 0 saturated carbocycles. The summed E-state index contributed by atoms with van der Waals surface area (Å²) >= 11 is 0. The van der Waals surface area contributed by atoms with Gasteiger partial charge in [0, 0.05) is 0 Å². The van der Waals surface area contributed by atoms with Crippen molar-refractivity contribution < 1.29 is 0 Å². The summed E-state index contributed by atoms with van der Waals surface area (Å²) in [4.78, 5) is 0. The molecule has 0 radical (unpaired) electrons. The molecule has 1 heteroatoms. The summed E-state index contributed by atoms with van der Waals surface area (Å²) in [6.07, 6.45) is 11.2. The summed E-state index contributed by atoms with van der Waals surface area (Å²) in [6, 6.07) is 0. The van der Waals surface area contributed by atoms with E-state index in [1.54, 1.807) is 12.2 Å². The van der Waals surface area contributed by atoms with Crippen molar-refractivity contribution in [3.63, 3.8) is 0 Å². The second-order valence-corrected chi connectivity index (χ2v) is 1.93. The lowest BCUT2D eigenvalue weighted by atomic mass is 10.5. The number of hydrogen-bond acceptors (Lipinski definition) is 1. The summed E-state index contributed by atoms with van der Waals surface area (Å²) in [5, 5.41) is 0. The van der Waals surface area contributed by atoms with Gasteiger partial charge in [-0.25, -0.2) is 0 Å². The van der Waals surface area contributed by atoms with Gasteiger partial charge in [0.25, 0.3) is 0 Å². The van der Waals surface area contributed by atoms with Gasteiger partial charge in [0.15, 0.2) is 0 Å². The molecule has 0 fully saturated rings. The Kier molecular flexibility index (Phi) is 144. The second kappa shape index (κ2) is 82.5. The normalized spacial score (nSPS) is 7.06. The van der Waals surface area contributed by atoms with Crippen LogP contribution in [0.2, 0.25) is 0 Å². The van der Waals surface area contributed by atoms with Crippen LogP contribution in [0.5, 0.6) is 0 Å². The van der Waals surface area contributed by atoms with Crippen molar-refractivity contribution in [3.05, 3.63) is 49.6 Å². The van der Waals surface area contributed by atoms with Crippen molar-refractivity contribution in [2.45, 2.75) is 48.5 Å².